The highest BCUT2D eigenvalue weighted by molar-refractivity contribution is 9.10. The lowest BCUT2D eigenvalue weighted by Crippen LogP contribution is -2.37. The molecule has 0 aliphatic heterocycles. The number of hydrogen-bond donors (Lipinski definition) is 2. The number of benzene rings is 1. The Kier molecular flexibility index (Phi) is 5.86. The number of halogens is 6. The smallest absolute Gasteiger partial charge is 0.289 e. The van der Waals surface area contributed by atoms with E-state index in [1.165, 1.54) is 0 Å². The first kappa shape index (κ1) is 16.6. The van der Waals surface area contributed by atoms with Crippen molar-refractivity contribution >= 4 is 28.3 Å². The molecular weight excluding hydrogens is 329 g/mol. The third-order valence-corrected chi connectivity index (χ3v) is 2.67. The zero-order valence-electron chi connectivity index (χ0n) is 8.26. The van der Waals surface area contributed by atoms with Gasteiger partial charge >= 0.3 is 0 Å². The van der Waals surface area contributed by atoms with E-state index in [4.69, 9.17) is 10.8 Å². The van der Waals surface area contributed by atoms with Gasteiger partial charge in [-0.1, -0.05) is 0 Å². The van der Waals surface area contributed by atoms with Crippen LogP contribution in [0.25, 0.3) is 0 Å². The van der Waals surface area contributed by atoms with Crippen LogP contribution >= 0.6 is 28.3 Å². The predicted molar refractivity (Wildman–Crippen MR) is 60.3 cm³/mol. The molecule has 98 valence electrons. The Balaban J connectivity index is 0.00000256. The summed E-state index contributed by atoms with van der Waals surface area (Å²) in [6.45, 7) is -1.58. The maximum atomic E-state index is 13.4. The van der Waals surface area contributed by atoms with E-state index < -0.39 is 35.8 Å². The number of aliphatic hydroxyl groups is 1. The summed E-state index contributed by atoms with van der Waals surface area (Å²) in [6.07, 6.45) is 0. The topological polar surface area (TPSA) is 46.2 Å². The SMILES string of the molecule is Cl.N[C@@H](c1c(F)ccc(Br)c1F)C(F)(F)CO. The molecule has 1 aromatic carbocycles. The van der Waals surface area contributed by atoms with E-state index in [-0.39, 0.29) is 16.9 Å². The molecule has 8 heteroatoms. The average Bonchev–Trinajstić information content (AvgIpc) is 2.24. The average molecular weight is 339 g/mol. The van der Waals surface area contributed by atoms with E-state index in [2.05, 4.69) is 15.9 Å². The van der Waals surface area contributed by atoms with E-state index in [0.29, 0.717) is 0 Å². The molecule has 17 heavy (non-hydrogen) atoms. The fraction of sp³-hybridized carbons (Fsp3) is 0.333. The van der Waals surface area contributed by atoms with Crippen LogP contribution in [0.4, 0.5) is 17.6 Å². The summed E-state index contributed by atoms with van der Waals surface area (Å²) in [6, 6.07) is -0.386. The van der Waals surface area contributed by atoms with Gasteiger partial charge in [-0.05, 0) is 28.1 Å². The lowest BCUT2D eigenvalue weighted by molar-refractivity contribution is -0.0726. The monoisotopic (exact) mass is 337 g/mol. The van der Waals surface area contributed by atoms with Crippen molar-refractivity contribution in [2.75, 3.05) is 6.61 Å². The van der Waals surface area contributed by atoms with Gasteiger partial charge in [0.25, 0.3) is 5.92 Å². The lowest BCUT2D eigenvalue weighted by atomic mass is 10.0. The molecule has 3 N–H and O–H groups in total. The Bertz CT molecular complexity index is 405. The van der Waals surface area contributed by atoms with E-state index in [1.807, 2.05) is 0 Å². The van der Waals surface area contributed by atoms with Crippen molar-refractivity contribution in [3.8, 4) is 0 Å². The van der Waals surface area contributed by atoms with Crippen LogP contribution in [0.2, 0.25) is 0 Å². The highest BCUT2D eigenvalue weighted by atomic mass is 79.9. The molecule has 0 unspecified atom stereocenters. The zero-order valence-corrected chi connectivity index (χ0v) is 10.7. The first-order valence-electron chi connectivity index (χ1n) is 4.19. The third kappa shape index (κ3) is 3.31. The van der Waals surface area contributed by atoms with Crippen molar-refractivity contribution in [2.45, 2.75) is 12.0 Å². The summed E-state index contributed by atoms with van der Waals surface area (Å²) >= 11 is 2.73. The van der Waals surface area contributed by atoms with Gasteiger partial charge in [-0.25, -0.2) is 17.6 Å². The standard InChI is InChI=1S/C9H8BrF4NO.ClH/c10-4-1-2-5(11)6(7(4)12)8(15)9(13,14)3-16;/h1-2,8,16H,3,15H2;1H/t8-;/m0./s1. The summed E-state index contributed by atoms with van der Waals surface area (Å²) in [5.41, 5.74) is 4.09. The van der Waals surface area contributed by atoms with Gasteiger partial charge in [0.1, 0.15) is 24.3 Å². The molecule has 0 fully saturated rings. The maximum absolute atomic E-state index is 13.4. The van der Waals surface area contributed by atoms with E-state index in [9.17, 15) is 17.6 Å². The van der Waals surface area contributed by atoms with Gasteiger partial charge in [0.05, 0.1) is 4.47 Å². The van der Waals surface area contributed by atoms with Crippen LogP contribution in [0.5, 0.6) is 0 Å². The van der Waals surface area contributed by atoms with Gasteiger partial charge < -0.3 is 10.8 Å². The predicted octanol–water partition coefficient (Wildman–Crippen LogP) is 2.78. The highest BCUT2D eigenvalue weighted by Gasteiger charge is 2.40. The molecule has 0 heterocycles. The van der Waals surface area contributed by atoms with Crippen LogP contribution in [0, 0.1) is 11.6 Å². The molecule has 1 aromatic rings. The van der Waals surface area contributed by atoms with Crippen molar-refractivity contribution in [3.05, 3.63) is 33.8 Å². The van der Waals surface area contributed by atoms with Crippen LogP contribution in [-0.4, -0.2) is 17.6 Å². The number of alkyl halides is 2. The summed E-state index contributed by atoms with van der Waals surface area (Å²) in [5.74, 6) is -6.16. The van der Waals surface area contributed by atoms with Crippen LogP contribution in [0.3, 0.4) is 0 Å². The van der Waals surface area contributed by atoms with Crippen LogP contribution < -0.4 is 5.73 Å². The molecule has 1 atom stereocenters. The maximum Gasteiger partial charge on any atom is 0.289 e. The van der Waals surface area contributed by atoms with Crippen molar-refractivity contribution in [1.29, 1.82) is 0 Å². The molecule has 1 rings (SSSR count). The summed E-state index contributed by atoms with van der Waals surface area (Å²) in [4.78, 5) is 0. The first-order valence-corrected chi connectivity index (χ1v) is 4.98. The Morgan fingerprint density at radius 1 is 1.35 bits per heavy atom. The van der Waals surface area contributed by atoms with E-state index in [1.54, 1.807) is 0 Å². The van der Waals surface area contributed by atoms with E-state index >= 15 is 0 Å². The molecule has 0 radical (unpaired) electrons. The van der Waals surface area contributed by atoms with Gasteiger partial charge in [0.2, 0.25) is 0 Å². The Morgan fingerprint density at radius 3 is 2.35 bits per heavy atom. The molecule has 0 bridgehead atoms. The Hall–Kier alpha value is -0.370. The number of nitrogens with two attached hydrogens (primary N) is 1. The van der Waals surface area contributed by atoms with Gasteiger partial charge in [-0.2, -0.15) is 0 Å². The lowest BCUT2D eigenvalue weighted by Gasteiger charge is -2.22. The molecule has 0 aliphatic rings. The molecule has 0 saturated carbocycles. The summed E-state index contributed by atoms with van der Waals surface area (Å²) in [5, 5.41) is 8.39. The first-order chi connectivity index (χ1) is 7.31. The number of rotatable bonds is 3. The number of hydrogen-bond acceptors (Lipinski definition) is 2. The fourth-order valence-electron chi connectivity index (χ4n) is 1.14. The van der Waals surface area contributed by atoms with Gasteiger partial charge in [-0.3, -0.25) is 0 Å². The second-order valence-corrected chi connectivity index (χ2v) is 4.01. The minimum atomic E-state index is -3.79. The third-order valence-electron chi connectivity index (χ3n) is 2.06. The summed E-state index contributed by atoms with van der Waals surface area (Å²) < 4.78 is 52.4. The van der Waals surface area contributed by atoms with Crippen LogP contribution in [0.1, 0.15) is 11.6 Å². The fourth-order valence-corrected chi connectivity index (χ4v) is 1.48. The van der Waals surface area contributed by atoms with Crippen LogP contribution in [0.15, 0.2) is 16.6 Å². The molecule has 2 nitrogen and oxygen atoms in total. The second-order valence-electron chi connectivity index (χ2n) is 3.15. The van der Waals surface area contributed by atoms with Crippen molar-refractivity contribution in [1.82, 2.24) is 0 Å². The molecule has 0 amide bonds. The highest BCUT2D eigenvalue weighted by Crippen LogP contribution is 2.34. The number of aliphatic hydroxyl groups excluding tert-OH is 1. The minimum absolute atomic E-state index is 0. The molecule has 0 aromatic heterocycles. The minimum Gasteiger partial charge on any atom is -0.390 e. The Labute approximate surface area is 109 Å². The Morgan fingerprint density at radius 2 is 1.88 bits per heavy atom. The van der Waals surface area contributed by atoms with Gasteiger partial charge in [0.15, 0.2) is 0 Å². The van der Waals surface area contributed by atoms with Gasteiger partial charge in [0, 0.05) is 5.56 Å². The molecule has 0 saturated heterocycles. The van der Waals surface area contributed by atoms with Gasteiger partial charge in [-0.15, -0.1) is 12.4 Å². The molecular formula is C9H9BrClF4NO. The van der Waals surface area contributed by atoms with Crippen molar-refractivity contribution < 1.29 is 22.7 Å². The van der Waals surface area contributed by atoms with E-state index in [0.717, 1.165) is 12.1 Å². The second kappa shape index (κ2) is 5.99. The van der Waals surface area contributed by atoms with Crippen molar-refractivity contribution in [3.63, 3.8) is 0 Å². The van der Waals surface area contributed by atoms with Crippen molar-refractivity contribution in [2.24, 2.45) is 5.73 Å². The summed E-state index contributed by atoms with van der Waals surface area (Å²) in [7, 11) is 0. The molecule has 0 spiro atoms. The largest absolute Gasteiger partial charge is 0.390 e. The zero-order chi connectivity index (χ0) is 12.5. The van der Waals surface area contributed by atoms with Crippen LogP contribution in [-0.2, 0) is 0 Å². The quantitative estimate of drug-likeness (QED) is 0.657. The molecule has 0 aliphatic carbocycles. The normalized spacial score (nSPS) is 13.1.